The predicted molar refractivity (Wildman–Crippen MR) is 115 cm³/mol. The van der Waals surface area contributed by atoms with Crippen LogP contribution in [0.15, 0.2) is 30.3 Å². The second-order valence-corrected chi connectivity index (χ2v) is 6.77. The van der Waals surface area contributed by atoms with E-state index in [0.717, 1.165) is 18.8 Å². The SMILES string of the molecule is C1CO1.CC.CC(=O)[C@H]1CC(=O)OC1c1ccccc1.CCCCCCCC. The van der Waals surface area contributed by atoms with Crippen LogP contribution in [0.3, 0.4) is 0 Å². The van der Waals surface area contributed by atoms with Gasteiger partial charge in [0, 0.05) is 0 Å². The molecule has 0 saturated carbocycles. The van der Waals surface area contributed by atoms with Crippen LogP contribution in [-0.2, 0) is 19.1 Å². The number of epoxide rings is 1. The first kappa shape index (κ1) is 26.3. The van der Waals surface area contributed by atoms with Crippen LogP contribution >= 0.6 is 0 Å². The molecule has 2 atom stereocenters. The summed E-state index contributed by atoms with van der Waals surface area (Å²) in [5.74, 6) is -0.598. The zero-order valence-corrected chi connectivity index (χ0v) is 18.5. The third kappa shape index (κ3) is 12.7. The van der Waals surface area contributed by atoms with Crippen LogP contribution in [-0.4, -0.2) is 25.0 Å². The Hall–Kier alpha value is -1.68. The lowest BCUT2D eigenvalue weighted by atomic mass is 9.92. The zero-order valence-electron chi connectivity index (χ0n) is 18.5. The lowest BCUT2D eigenvalue weighted by Crippen LogP contribution is -2.15. The van der Waals surface area contributed by atoms with Gasteiger partial charge in [0.15, 0.2) is 0 Å². The fourth-order valence-corrected chi connectivity index (χ4v) is 2.71. The van der Waals surface area contributed by atoms with E-state index in [0.29, 0.717) is 0 Å². The molecule has 1 unspecified atom stereocenters. The van der Waals surface area contributed by atoms with Gasteiger partial charge < -0.3 is 9.47 Å². The van der Waals surface area contributed by atoms with Crippen LogP contribution in [0.4, 0.5) is 0 Å². The van der Waals surface area contributed by atoms with Crippen molar-refractivity contribution in [2.24, 2.45) is 5.92 Å². The van der Waals surface area contributed by atoms with Crippen molar-refractivity contribution in [2.45, 2.75) is 85.7 Å². The fraction of sp³-hybridized carbons (Fsp3) is 0.667. The standard InChI is InChI=1S/C12H12O3.C8H18.C2H4O.C2H6/c1-8(13)10-7-11(14)15-12(10)9-5-3-2-4-6-9;1-3-5-7-8-6-4-2;1-2-3-1;1-2/h2-6,10,12H,7H2,1H3;3-8H2,1-2H3;1-2H2;1-2H3/t10-,12?;;;/m1.../s1. The number of cyclic esters (lactones) is 1. The first-order valence-electron chi connectivity index (χ1n) is 10.9. The molecule has 2 aliphatic rings. The summed E-state index contributed by atoms with van der Waals surface area (Å²) in [6.07, 6.45) is 8.30. The van der Waals surface area contributed by atoms with E-state index in [1.807, 2.05) is 44.2 Å². The maximum absolute atomic E-state index is 11.3. The minimum atomic E-state index is -0.392. The number of carbonyl (C=O) groups excluding carboxylic acids is 2. The van der Waals surface area contributed by atoms with Gasteiger partial charge in [0.25, 0.3) is 0 Å². The van der Waals surface area contributed by atoms with Crippen molar-refractivity contribution in [2.75, 3.05) is 13.2 Å². The Morgan fingerprint density at radius 2 is 1.46 bits per heavy atom. The van der Waals surface area contributed by atoms with Crippen LogP contribution in [0.1, 0.15) is 91.2 Å². The van der Waals surface area contributed by atoms with Gasteiger partial charge in [-0.2, -0.15) is 0 Å². The Morgan fingerprint density at radius 1 is 0.964 bits per heavy atom. The second kappa shape index (κ2) is 17.4. The summed E-state index contributed by atoms with van der Waals surface area (Å²) in [6.45, 7) is 12.0. The van der Waals surface area contributed by atoms with E-state index >= 15 is 0 Å². The average molecular weight is 393 g/mol. The summed E-state index contributed by atoms with van der Waals surface area (Å²) < 4.78 is 9.66. The van der Waals surface area contributed by atoms with Crippen LogP contribution in [0.25, 0.3) is 0 Å². The van der Waals surface area contributed by atoms with E-state index in [4.69, 9.17) is 4.74 Å². The molecule has 0 bridgehead atoms. The number of rotatable bonds is 7. The van der Waals surface area contributed by atoms with Crippen molar-refractivity contribution in [3.05, 3.63) is 35.9 Å². The molecule has 0 aliphatic carbocycles. The molecule has 0 spiro atoms. The van der Waals surface area contributed by atoms with Gasteiger partial charge in [0.1, 0.15) is 11.9 Å². The number of Topliss-reactive ketones (excluding diaryl/α,β-unsaturated/α-hetero) is 1. The molecule has 160 valence electrons. The van der Waals surface area contributed by atoms with E-state index in [9.17, 15) is 9.59 Å². The van der Waals surface area contributed by atoms with Crippen molar-refractivity contribution >= 4 is 11.8 Å². The van der Waals surface area contributed by atoms with Gasteiger partial charge in [-0.1, -0.05) is 96.6 Å². The molecule has 0 radical (unpaired) electrons. The van der Waals surface area contributed by atoms with E-state index in [1.165, 1.54) is 45.4 Å². The highest BCUT2D eigenvalue weighted by Gasteiger charge is 2.38. The molecular weight excluding hydrogens is 352 g/mol. The Labute approximate surface area is 172 Å². The fourth-order valence-electron chi connectivity index (χ4n) is 2.71. The molecule has 1 aromatic rings. The van der Waals surface area contributed by atoms with Gasteiger partial charge >= 0.3 is 5.97 Å². The van der Waals surface area contributed by atoms with Gasteiger partial charge in [-0.05, 0) is 12.5 Å². The number of benzene rings is 1. The molecule has 2 aliphatic heterocycles. The number of unbranched alkanes of at least 4 members (excludes halogenated alkanes) is 5. The number of ketones is 1. The Balaban J connectivity index is 0.000000470. The molecule has 2 heterocycles. The minimum Gasteiger partial charge on any atom is -0.457 e. The Bertz CT molecular complexity index is 502. The maximum Gasteiger partial charge on any atom is 0.307 e. The van der Waals surface area contributed by atoms with E-state index < -0.39 is 6.10 Å². The van der Waals surface area contributed by atoms with E-state index in [1.54, 1.807) is 0 Å². The first-order chi connectivity index (χ1) is 13.6. The molecule has 0 amide bonds. The third-order valence-corrected chi connectivity index (χ3v) is 4.32. The van der Waals surface area contributed by atoms with Crippen molar-refractivity contribution in [1.82, 2.24) is 0 Å². The molecule has 4 nitrogen and oxygen atoms in total. The first-order valence-corrected chi connectivity index (χ1v) is 10.9. The van der Waals surface area contributed by atoms with Gasteiger partial charge in [0.05, 0.1) is 25.6 Å². The van der Waals surface area contributed by atoms with E-state index in [-0.39, 0.29) is 24.1 Å². The summed E-state index contributed by atoms with van der Waals surface area (Å²) in [6, 6.07) is 9.39. The highest BCUT2D eigenvalue weighted by atomic mass is 16.6. The van der Waals surface area contributed by atoms with Gasteiger partial charge in [0.2, 0.25) is 0 Å². The smallest absolute Gasteiger partial charge is 0.307 e. The number of carbonyl (C=O) groups is 2. The normalized spacial score (nSPS) is 19.0. The quantitative estimate of drug-likeness (QED) is 0.311. The molecule has 2 fully saturated rings. The highest BCUT2D eigenvalue weighted by molar-refractivity contribution is 5.86. The topological polar surface area (TPSA) is 55.9 Å². The average Bonchev–Trinajstić information content (AvgIpc) is 3.56. The Kier molecular flexibility index (Phi) is 16.4. The molecule has 1 aromatic carbocycles. The summed E-state index contributed by atoms with van der Waals surface area (Å²) >= 11 is 0. The molecule has 2 saturated heterocycles. The second-order valence-electron chi connectivity index (χ2n) is 6.77. The largest absolute Gasteiger partial charge is 0.457 e. The van der Waals surface area contributed by atoms with E-state index in [2.05, 4.69) is 18.6 Å². The zero-order chi connectivity index (χ0) is 21.2. The summed E-state index contributed by atoms with van der Waals surface area (Å²) in [5.41, 5.74) is 0.892. The molecular formula is C24H40O4. The predicted octanol–water partition coefficient (Wildman–Crippen LogP) is 6.29. The number of hydrogen-bond acceptors (Lipinski definition) is 4. The summed E-state index contributed by atoms with van der Waals surface area (Å²) in [7, 11) is 0. The van der Waals surface area contributed by atoms with Crippen molar-refractivity contribution in [3.8, 4) is 0 Å². The van der Waals surface area contributed by atoms with Gasteiger partial charge in [-0.15, -0.1) is 0 Å². The number of esters is 1. The molecule has 4 heteroatoms. The van der Waals surface area contributed by atoms with Crippen LogP contribution < -0.4 is 0 Å². The molecule has 28 heavy (non-hydrogen) atoms. The molecule has 0 aromatic heterocycles. The Morgan fingerprint density at radius 3 is 1.86 bits per heavy atom. The van der Waals surface area contributed by atoms with Gasteiger partial charge in [-0.25, -0.2) is 0 Å². The monoisotopic (exact) mass is 392 g/mol. The lowest BCUT2D eigenvalue weighted by Gasteiger charge is -2.14. The van der Waals surface area contributed by atoms with Crippen molar-refractivity contribution in [1.29, 1.82) is 0 Å². The molecule has 0 N–H and O–H groups in total. The van der Waals surface area contributed by atoms with Crippen LogP contribution in [0, 0.1) is 5.92 Å². The summed E-state index contributed by atoms with van der Waals surface area (Å²) in [4.78, 5) is 22.5. The number of ether oxygens (including phenoxy) is 2. The van der Waals surface area contributed by atoms with Crippen LogP contribution in [0.5, 0.6) is 0 Å². The van der Waals surface area contributed by atoms with Gasteiger partial charge in [-0.3, -0.25) is 9.59 Å². The lowest BCUT2D eigenvalue weighted by molar-refractivity contribution is -0.141. The summed E-state index contributed by atoms with van der Waals surface area (Å²) in [5, 5.41) is 0. The van der Waals surface area contributed by atoms with Crippen LogP contribution in [0.2, 0.25) is 0 Å². The molecule has 3 rings (SSSR count). The maximum atomic E-state index is 11.3. The number of hydrogen-bond donors (Lipinski definition) is 0. The minimum absolute atomic E-state index is 0.00898. The van der Waals surface area contributed by atoms with Crippen molar-refractivity contribution < 1.29 is 19.1 Å². The highest BCUT2D eigenvalue weighted by Crippen LogP contribution is 2.35. The van der Waals surface area contributed by atoms with Crippen molar-refractivity contribution in [3.63, 3.8) is 0 Å². The third-order valence-electron chi connectivity index (χ3n) is 4.32.